The Morgan fingerprint density at radius 3 is 2.72 bits per heavy atom. The Balaban J connectivity index is 0.00000300. The van der Waals surface area contributed by atoms with E-state index < -0.39 is 10.0 Å². The van der Waals surface area contributed by atoms with Gasteiger partial charge in [0.15, 0.2) is 5.96 Å². The first-order chi connectivity index (χ1) is 13.5. The van der Waals surface area contributed by atoms with Gasteiger partial charge >= 0.3 is 0 Å². The Morgan fingerprint density at radius 1 is 1.24 bits per heavy atom. The minimum atomic E-state index is -3.46. The highest BCUT2D eigenvalue weighted by Crippen LogP contribution is 2.23. The Hall–Kier alpha value is -1.63. The number of hydrogen-bond acceptors (Lipinski definition) is 5. The van der Waals surface area contributed by atoms with E-state index in [9.17, 15) is 8.42 Å². The molecular weight excluding hydrogens is 523 g/mol. The number of sulfonamides is 1. The summed E-state index contributed by atoms with van der Waals surface area (Å²) >= 11 is 1.19. The number of benzene rings is 1. The van der Waals surface area contributed by atoms with E-state index in [0.29, 0.717) is 23.3 Å². The van der Waals surface area contributed by atoms with E-state index in [-0.39, 0.29) is 36.6 Å². The van der Waals surface area contributed by atoms with E-state index >= 15 is 0 Å². The summed E-state index contributed by atoms with van der Waals surface area (Å²) in [4.78, 5) is 4.45. The van der Waals surface area contributed by atoms with Gasteiger partial charge in [-0.3, -0.25) is 4.99 Å². The molecule has 1 atom stereocenters. The van der Waals surface area contributed by atoms with Crippen LogP contribution in [-0.2, 0) is 10.0 Å². The van der Waals surface area contributed by atoms with Crippen molar-refractivity contribution in [3.63, 3.8) is 0 Å². The number of aliphatic imine (C=N–C) groups is 1. The average molecular weight is 548 g/mol. The molecule has 158 valence electrons. The number of rotatable bonds is 8. The number of furan rings is 1. The topological polar surface area (TPSA) is 95.7 Å². The van der Waals surface area contributed by atoms with Crippen molar-refractivity contribution in [2.45, 2.75) is 24.1 Å². The van der Waals surface area contributed by atoms with Crippen molar-refractivity contribution >= 4 is 62.3 Å². The number of guanidine groups is 1. The smallest absolute Gasteiger partial charge is 0.250 e. The zero-order chi connectivity index (χ0) is 20.0. The van der Waals surface area contributed by atoms with Crippen LogP contribution >= 0.6 is 35.3 Å². The average Bonchev–Trinajstić information content (AvgIpc) is 3.35. The summed E-state index contributed by atoms with van der Waals surface area (Å²) in [5.74, 6) is 1.41. The molecule has 0 fully saturated rings. The van der Waals surface area contributed by atoms with Gasteiger partial charge in [-0.1, -0.05) is 24.3 Å². The van der Waals surface area contributed by atoms with Crippen molar-refractivity contribution in [2.75, 3.05) is 19.6 Å². The van der Waals surface area contributed by atoms with Crippen molar-refractivity contribution in [1.82, 2.24) is 15.4 Å². The molecule has 1 aromatic carbocycles. The molecule has 0 amide bonds. The Labute approximate surface area is 192 Å². The predicted octanol–water partition coefficient (Wildman–Crippen LogP) is 3.71. The first-order valence-corrected chi connectivity index (χ1v) is 11.4. The highest BCUT2D eigenvalue weighted by atomic mass is 127. The fraction of sp³-hybridized carbons (Fsp3) is 0.316. The lowest BCUT2D eigenvalue weighted by Crippen LogP contribution is -2.39. The third kappa shape index (κ3) is 6.43. The monoisotopic (exact) mass is 548 g/mol. The molecule has 7 nitrogen and oxygen atoms in total. The predicted molar refractivity (Wildman–Crippen MR) is 129 cm³/mol. The van der Waals surface area contributed by atoms with E-state index in [4.69, 9.17) is 4.42 Å². The first-order valence-electron chi connectivity index (χ1n) is 9.06. The van der Waals surface area contributed by atoms with Gasteiger partial charge in [-0.2, -0.15) is 0 Å². The molecule has 2 aromatic heterocycles. The molecule has 0 saturated carbocycles. The van der Waals surface area contributed by atoms with E-state index in [2.05, 4.69) is 20.3 Å². The zero-order valence-electron chi connectivity index (χ0n) is 16.2. The van der Waals surface area contributed by atoms with Crippen molar-refractivity contribution in [3.8, 4) is 0 Å². The number of halogens is 1. The number of thiophene rings is 1. The van der Waals surface area contributed by atoms with Gasteiger partial charge in [0, 0.05) is 18.5 Å². The van der Waals surface area contributed by atoms with Crippen LogP contribution in [0.4, 0.5) is 0 Å². The van der Waals surface area contributed by atoms with E-state index in [1.807, 2.05) is 44.2 Å². The molecular formula is C19H25IN4O3S2. The zero-order valence-corrected chi connectivity index (χ0v) is 20.2. The van der Waals surface area contributed by atoms with Crippen LogP contribution in [0, 0.1) is 0 Å². The van der Waals surface area contributed by atoms with E-state index in [1.54, 1.807) is 17.5 Å². The van der Waals surface area contributed by atoms with Crippen LogP contribution in [0.2, 0.25) is 0 Å². The number of para-hydroxylation sites is 1. The molecule has 0 bridgehead atoms. The quantitative estimate of drug-likeness (QED) is 0.173. The molecule has 0 radical (unpaired) electrons. The van der Waals surface area contributed by atoms with Crippen LogP contribution in [0.5, 0.6) is 0 Å². The van der Waals surface area contributed by atoms with Crippen molar-refractivity contribution in [1.29, 1.82) is 0 Å². The molecule has 0 aliphatic rings. The molecule has 1 unspecified atom stereocenters. The normalized spacial score (nSPS) is 13.1. The SMILES string of the molecule is CCNC(=NCCNS(=O)(=O)c1cccs1)NC(C)c1cc2ccccc2o1.I. The lowest BCUT2D eigenvalue weighted by atomic mass is 10.2. The van der Waals surface area contributed by atoms with Crippen LogP contribution in [0.15, 0.2) is 61.5 Å². The molecule has 3 rings (SSSR count). The van der Waals surface area contributed by atoms with Crippen LogP contribution in [0.1, 0.15) is 25.6 Å². The minimum Gasteiger partial charge on any atom is -0.459 e. The molecule has 0 spiro atoms. The lowest BCUT2D eigenvalue weighted by molar-refractivity contribution is 0.488. The molecule has 0 aliphatic heterocycles. The largest absolute Gasteiger partial charge is 0.459 e. The second-order valence-corrected chi connectivity index (χ2v) is 9.08. The summed E-state index contributed by atoms with van der Waals surface area (Å²) in [6.45, 7) is 5.19. The molecule has 2 heterocycles. The van der Waals surface area contributed by atoms with Gasteiger partial charge in [0.1, 0.15) is 15.6 Å². The van der Waals surface area contributed by atoms with Gasteiger partial charge in [-0.15, -0.1) is 35.3 Å². The van der Waals surface area contributed by atoms with Crippen molar-refractivity contribution < 1.29 is 12.8 Å². The van der Waals surface area contributed by atoms with Crippen molar-refractivity contribution in [3.05, 3.63) is 53.6 Å². The Bertz CT molecular complexity index is 1000. The lowest BCUT2D eigenvalue weighted by Gasteiger charge is -2.16. The van der Waals surface area contributed by atoms with Crippen LogP contribution < -0.4 is 15.4 Å². The van der Waals surface area contributed by atoms with Crippen LogP contribution in [-0.4, -0.2) is 34.0 Å². The molecule has 10 heteroatoms. The van der Waals surface area contributed by atoms with Gasteiger partial charge in [0.25, 0.3) is 0 Å². The highest BCUT2D eigenvalue weighted by Gasteiger charge is 2.15. The molecule has 0 aliphatic carbocycles. The third-order valence-electron chi connectivity index (χ3n) is 4.00. The molecule has 0 saturated heterocycles. The fourth-order valence-electron chi connectivity index (χ4n) is 2.65. The Kier molecular flexibility index (Phi) is 8.93. The number of nitrogens with one attached hydrogen (secondary N) is 3. The molecule has 29 heavy (non-hydrogen) atoms. The van der Waals surface area contributed by atoms with E-state index in [0.717, 1.165) is 16.7 Å². The highest BCUT2D eigenvalue weighted by molar-refractivity contribution is 14.0. The summed E-state index contributed by atoms with van der Waals surface area (Å²) < 4.78 is 33.0. The summed E-state index contributed by atoms with van der Waals surface area (Å²) in [5.41, 5.74) is 0.844. The van der Waals surface area contributed by atoms with E-state index in [1.165, 1.54) is 11.3 Å². The van der Waals surface area contributed by atoms with Gasteiger partial charge in [-0.25, -0.2) is 13.1 Å². The number of fused-ring (bicyclic) bond motifs is 1. The second kappa shape index (κ2) is 11.0. The van der Waals surface area contributed by atoms with Crippen molar-refractivity contribution in [2.24, 2.45) is 4.99 Å². The van der Waals surface area contributed by atoms with Crippen LogP contribution in [0.3, 0.4) is 0 Å². The first kappa shape index (κ1) is 23.6. The van der Waals surface area contributed by atoms with Gasteiger partial charge in [-0.05, 0) is 37.4 Å². The number of nitrogens with zero attached hydrogens (tertiary/aromatic N) is 1. The summed E-state index contributed by atoms with van der Waals surface area (Å²) in [6.07, 6.45) is 0. The maximum atomic E-state index is 12.1. The maximum absolute atomic E-state index is 12.1. The fourth-order valence-corrected chi connectivity index (χ4v) is 4.71. The second-order valence-electron chi connectivity index (χ2n) is 6.14. The Morgan fingerprint density at radius 2 is 2.03 bits per heavy atom. The summed E-state index contributed by atoms with van der Waals surface area (Å²) in [5, 5.41) is 9.24. The summed E-state index contributed by atoms with van der Waals surface area (Å²) in [7, 11) is -3.46. The van der Waals surface area contributed by atoms with Crippen LogP contribution in [0.25, 0.3) is 11.0 Å². The van der Waals surface area contributed by atoms with Gasteiger partial charge in [0.2, 0.25) is 10.0 Å². The standard InChI is InChI=1S/C19H24N4O3S2.HI/c1-3-20-19(21-10-11-22-28(24,25)18-9-6-12-27-18)23-14(2)17-13-15-7-4-5-8-16(15)26-17;/h4-9,12-14,22H,3,10-11H2,1-2H3,(H2,20,21,23);1H. The van der Waals surface area contributed by atoms with Gasteiger partial charge in [0.05, 0.1) is 12.6 Å². The third-order valence-corrected chi connectivity index (χ3v) is 6.86. The molecule has 3 aromatic rings. The van der Waals surface area contributed by atoms with Gasteiger partial charge < -0.3 is 15.1 Å². The molecule has 3 N–H and O–H groups in total. The number of hydrogen-bond donors (Lipinski definition) is 3. The summed E-state index contributed by atoms with van der Waals surface area (Å²) in [6, 6.07) is 13.1. The minimum absolute atomic E-state index is 0. The maximum Gasteiger partial charge on any atom is 0.250 e.